The van der Waals surface area contributed by atoms with Gasteiger partial charge in [-0.25, -0.2) is 4.79 Å². The Hall–Kier alpha value is -1.97. The summed E-state index contributed by atoms with van der Waals surface area (Å²) in [5.41, 5.74) is -3.44. The monoisotopic (exact) mass is 492 g/mol. The largest absolute Gasteiger partial charge is 0.462 e. The van der Waals surface area contributed by atoms with Crippen LogP contribution in [0, 0.1) is 11.3 Å². The summed E-state index contributed by atoms with van der Waals surface area (Å²) in [5, 5.41) is 12.2. The van der Waals surface area contributed by atoms with E-state index in [1.165, 1.54) is 6.92 Å². The van der Waals surface area contributed by atoms with Gasteiger partial charge >= 0.3 is 17.9 Å². The van der Waals surface area contributed by atoms with Gasteiger partial charge in [-0.05, 0) is 46.1 Å². The van der Waals surface area contributed by atoms with Crippen LogP contribution in [0.15, 0.2) is 11.6 Å². The van der Waals surface area contributed by atoms with Crippen LogP contribution in [-0.4, -0.2) is 70.3 Å². The maximum Gasteiger partial charge on any atom is 0.342 e. The molecule has 1 spiro atoms. The fourth-order valence-corrected chi connectivity index (χ4v) is 7.22. The van der Waals surface area contributed by atoms with Crippen LogP contribution in [0.5, 0.6) is 0 Å². The number of carbonyl (C=O) groups excluding carboxylic acids is 3. The predicted octanol–water partition coefficient (Wildman–Crippen LogP) is 2.37. The Morgan fingerprint density at radius 2 is 1.91 bits per heavy atom. The van der Waals surface area contributed by atoms with E-state index in [0.717, 1.165) is 5.57 Å². The van der Waals surface area contributed by atoms with Crippen molar-refractivity contribution in [3.63, 3.8) is 0 Å². The molecule has 3 aliphatic heterocycles. The topological polar surface area (TPSA) is 124 Å². The van der Waals surface area contributed by atoms with Crippen molar-refractivity contribution in [3.05, 3.63) is 11.6 Å². The van der Waals surface area contributed by atoms with Gasteiger partial charge in [0, 0.05) is 31.1 Å². The van der Waals surface area contributed by atoms with E-state index >= 15 is 0 Å². The van der Waals surface area contributed by atoms with E-state index in [4.69, 9.17) is 23.7 Å². The predicted molar refractivity (Wildman–Crippen MR) is 121 cm³/mol. The van der Waals surface area contributed by atoms with Crippen LogP contribution in [0.2, 0.25) is 0 Å². The van der Waals surface area contributed by atoms with Gasteiger partial charge in [0.05, 0.1) is 17.8 Å². The zero-order valence-electron chi connectivity index (χ0n) is 21.3. The summed E-state index contributed by atoms with van der Waals surface area (Å²) in [6, 6.07) is 0. The molecule has 0 aromatic carbocycles. The number of rotatable bonds is 4. The molecule has 4 fully saturated rings. The van der Waals surface area contributed by atoms with Crippen molar-refractivity contribution < 1.29 is 43.2 Å². The van der Waals surface area contributed by atoms with Gasteiger partial charge in [0.1, 0.15) is 12.2 Å². The lowest BCUT2D eigenvalue weighted by atomic mass is 9.54. The lowest BCUT2D eigenvalue weighted by Gasteiger charge is -2.53. The standard InChI is InChI=1S/C26H36O9/c1-7-8-19(28)32-15-10-9-13(2)11-18-26(25(6,35-26)22(30)33-18)21(29)20-23(15,4)16(31-14(3)27)12-17-24(20,5)34-17/h11,15-18,20-21,29H,7-10,12H2,1-6H3/b13-11-/t15-,16-,17-,18-,20+,21-,23-,24-,25-,26-/m0/s1. The third-order valence-corrected chi connectivity index (χ3v) is 9.23. The first-order valence-corrected chi connectivity index (χ1v) is 12.7. The Morgan fingerprint density at radius 1 is 1.20 bits per heavy atom. The van der Waals surface area contributed by atoms with E-state index in [2.05, 4.69) is 0 Å². The minimum Gasteiger partial charge on any atom is -0.462 e. The van der Waals surface area contributed by atoms with Crippen molar-refractivity contribution in [1.29, 1.82) is 0 Å². The molecule has 0 amide bonds. The quantitative estimate of drug-likeness (QED) is 0.272. The second-order valence-electron chi connectivity index (χ2n) is 11.4. The van der Waals surface area contributed by atoms with Crippen molar-refractivity contribution >= 4 is 17.9 Å². The number of aliphatic hydroxyl groups excluding tert-OH is 1. The maximum atomic E-state index is 12.8. The molecule has 0 unspecified atom stereocenters. The van der Waals surface area contributed by atoms with E-state index in [9.17, 15) is 19.5 Å². The molecule has 3 saturated heterocycles. The van der Waals surface area contributed by atoms with Crippen LogP contribution in [0.1, 0.15) is 73.6 Å². The summed E-state index contributed by atoms with van der Waals surface area (Å²) >= 11 is 0. The third-order valence-electron chi connectivity index (χ3n) is 9.23. The molecular formula is C26H36O9. The second-order valence-corrected chi connectivity index (χ2v) is 11.4. The molecule has 5 aliphatic rings. The van der Waals surface area contributed by atoms with Gasteiger partial charge in [-0.1, -0.05) is 19.4 Å². The molecule has 0 radical (unpaired) electrons. The number of esters is 3. The Morgan fingerprint density at radius 3 is 2.54 bits per heavy atom. The number of allylic oxidation sites excluding steroid dienone is 1. The fourth-order valence-electron chi connectivity index (χ4n) is 7.22. The highest BCUT2D eigenvalue weighted by Gasteiger charge is 2.88. The van der Waals surface area contributed by atoms with E-state index < -0.39 is 64.5 Å². The molecule has 0 bridgehead atoms. The van der Waals surface area contributed by atoms with Crippen molar-refractivity contribution in [2.45, 2.75) is 121 Å². The fraction of sp³-hybridized carbons (Fsp3) is 0.808. The van der Waals surface area contributed by atoms with Gasteiger partial charge < -0.3 is 28.8 Å². The van der Waals surface area contributed by atoms with Crippen LogP contribution in [0.4, 0.5) is 0 Å². The molecule has 3 heterocycles. The first kappa shape index (κ1) is 24.7. The zero-order chi connectivity index (χ0) is 25.6. The minimum atomic E-state index is -1.30. The van der Waals surface area contributed by atoms with Crippen molar-refractivity contribution in [2.24, 2.45) is 11.3 Å². The molecule has 5 rings (SSSR count). The molecule has 9 nitrogen and oxygen atoms in total. The maximum absolute atomic E-state index is 12.8. The smallest absolute Gasteiger partial charge is 0.342 e. The van der Waals surface area contributed by atoms with Gasteiger partial charge in [0.25, 0.3) is 0 Å². The number of aliphatic hydroxyl groups is 1. The van der Waals surface area contributed by atoms with Crippen LogP contribution < -0.4 is 0 Å². The average molecular weight is 493 g/mol. The van der Waals surface area contributed by atoms with E-state index in [1.54, 1.807) is 6.92 Å². The number of epoxide rings is 2. The number of fused-ring (bicyclic) bond motifs is 3. The van der Waals surface area contributed by atoms with Gasteiger partial charge in [0.2, 0.25) is 0 Å². The van der Waals surface area contributed by atoms with Gasteiger partial charge in [0.15, 0.2) is 17.3 Å². The molecule has 0 aromatic rings. The normalized spacial score (nSPS) is 51.3. The van der Waals surface area contributed by atoms with E-state index in [0.29, 0.717) is 25.7 Å². The Labute approximate surface area is 205 Å². The second kappa shape index (κ2) is 7.76. The van der Waals surface area contributed by atoms with E-state index in [1.807, 2.05) is 33.8 Å². The number of ether oxygens (including phenoxy) is 5. The number of hydrogen-bond donors (Lipinski definition) is 1. The molecule has 0 aromatic heterocycles. The molecular weight excluding hydrogens is 456 g/mol. The highest BCUT2D eigenvalue weighted by atomic mass is 16.7. The summed E-state index contributed by atoms with van der Waals surface area (Å²) < 4.78 is 29.9. The van der Waals surface area contributed by atoms with Crippen LogP contribution >= 0.6 is 0 Å². The van der Waals surface area contributed by atoms with Crippen molar-refractivity contribution in [3.8, 4) is 0 Å². The molecule has 9 heteroatoms. The molecule has 194 valence electrons. The first-order valence-electron chi connectivity index (χ1n) is 12.7. The summed E-state index contributed by atoms with van der Waals surface area (Å²) in [7, 11) is 0. The Kier molecular flexibility index (Phi) is 5.48. The first-order chi connectivity index (χ1) is 16.3. The zero-order valence-corrected chi connectivity index (χ0v) is 21.3. The molecule has 2 aliphatic carbocycles. The molecule has 1 saturated carbocycles. The highest BCUT2D eigenvalue weighted by Crippen LogP contribution is 2.68. The average Bonchev–Trinajstić information content (AvgIpc) is 3.60. The third kappa shape index (κ3) is 3.27. The lowest BCUT2D eigenvalue weighted by molar-refractivity contribution is -0.206. The number of hydrogen-bond acceptors (Lipinski definition) is 9. The summed E-state index contributed by atoms with van der Waals surface area (Å²) in [5.74, 6) is -1.96. The van der Waals surface area contributed by atoms with Gasteiger partial charge in [-0.2, -0.15) is 0 Å². The molecule has 10 atom stereocenters. The van der Waals surface area contributed by atoms with Gasteiger partial charge in [-0.3, -0.25) is 9.59 Å². The summed E-state index contributed by atoms with van der Waals surface area (Å²) in [4.78, 5) is 37.7. The van der Waals surface area contributed by atoms with Crippen molar-refractivity contribution in [1.82, 2.24) is 0 Å². The minimum absolute atomic E-state index is 0.246. The Balaban J connectivity index is 1.67. The molecule has 1 N–H and O–H groups in total. The van der Waals surface area contributed by atoms with Crippen LogP contribution in [0.3, 0.4) is 0 Å². The summed E-state index contributed by atoms with van der Waals surface area (Å²) in [6.07, 6.45) is 0.657. The highest BCUT2D eigenvalue weighted by molar-refractivity contribution is 5.89. The van der Waals surface area contributed by atoms with Crippen LogP contribution in [0.25, 0.3) is 0 Å². The summed E-state index contributed by atoms with van der Waals surface area (Å²) in [6.45, 7) is 10.7. The van der Waals surface area contributed by atoms with Crippen molar-refractivity contribution in [2.75, 3.05) is 0 Å². The van der Waals surface area contributed by atoms with E-state index in [-0.39, 0.29) is 18.5 Å². The lowest BCUT2D eigenvalue weighted by Crippen LogP contribution is -2.65. The van der Waals surface area contributed by atoms with Gasteiger partial charge in [-0.15, -0.1) is 0 Å². The SMILES string of the molecule is CCCC(=O)O[C@H]1CC/C(C)=C\[C@@H]2OC(=O)[C@]3(C)O[C@]23[C@@H](O)[C@H]2[C@@]3(C)O[C@H]3C[C@H](OC(C)=O)[C@]12C. The Bertz CT molecular complexity index is 991. The number of carbonyl (C=O) groups is 3. The van der Waals surface area contributed by atoms with Crippen LogP contribution in [-0.2, 0) is 38.1 Å². The molecule has 35 heavy (non-hydrogen) atoms.